The van der Waals surface area contributed by atoms with Gasteiger partial charge in [-0.3, -0.25) is 9.78 Å². The van der Waals surface area contributed by atoms with E-state index in [2.05, 4.69) is 17.1 Å². The van der Waals surface area contributed by atoms with E-state index < -0.39 is 0 Å². The molecule has 0 radical (unpaired) electrons. The van der Waals surface area contributed by atoms with Gasteiger partial charge in [0.2, 0.25) is 0 Å². The molecule has 1 aromatic heterocycles. The Hall–Kier alpha value is -1.87. The maximum absolute atomic E-state index is 12.7. The molecular weight excluding hydrogens is 296 g/mol. The van der Waals surface area contributed by atoms with Gasteiger partial charge in [0.15, 0.2) is 0 Å². The molecule has 2 heterocycles. The van der Waals surface area contributed by atoms with E-state index in [1.165, 1.54) is 5.56 Å². The Labute approximate surface area is 135 Å². The number of hydrogen-bond donors (Lipinski definition) is 0. The molecule has 0 spiro atoms. The van der Waals surface area contributed by atoms with Crippen molar-refractivity contribution in [1.82, 2.24) is 9.88 Å². The fourth-order valence-electron chi connectivity index (χ4n) is 3.01. The molecule has 4 heteroatoms. The molecule has 114 valence electrons. The average molecular weight is 315 g/mol. The van der Waals surface area contributed by atoms with Gasteiger partial charge in [-0.25, -0.2) is 0 Å². The van der Waals surface area contributed by atoms with Crippen molar-refractivity contribution in [2.24, 2.45) is 0 Å². The van der Waals surface area contributed by atoms with E-state index in [-0.39, 0.29) is 5.91 Å². The van der Waals surface area contributed by atoms with Crippen LogP contribution in [0, 0.1) is 0 Å². The molecular formula is C18H19ClN2O. The van der Waals surface area contributed by atoms with Crippen LogP contribution >= 0.6 is 11.6 Å². The topological polar surface area (TPSA) is 33.2 Å². The zero-order chi connectivity index (χ0) is 15.4. The Morgan fingerprint density at radius 2 is 1.82 bits per heavy atom. The van der Waals surface area contributed by atoms with Gasteiger partial charge in [0.1, 0.15) is 0 Å². The van der Waals surface area contributed by atoms with E-state index >= 15 is 0 Å². The Kier molecular flexibility index (Phi) is 4.74. The molecule has 1 saturated heterocycles. The van der Waals surface area contributed by atoms with Gasteiger partial charge in [0.05, 0.1) is 0 Å². The molecule has 1 amide bonds. The van der Waals surface area contributed by atoms with E-state index in [1.54, 1.807) is 24.5 Å². The van der Waals surface area contributed by atoms with Gasteiger partial charge in [0.25, 0.3) is 5.91 Å². The van der Waals surface area contributed by atoms with Crippen molar-refractivity contribution in [2.75, 3.05) is 13.1 Å². The first kappa shape index (κ1) is 15.0. The van der Waals surface area contributed by atoms with Crippen LogP contribution in [0.3, 0.4) is 0 Å². The molecule has 3 nitrogen and oxygen atoms in total. The summed E-state index contributed by atoms with van der Waals surface area (Å²) in [7, 11) is 0. The molecule has 1 aromatic carbocycles. The maximum Gasteiger partial charge on any atom is 0.253 e. The summed E-state index contributed by atoms with van der Waals surface area (Å²) in [6, 6.07) is 11.6. The largest absolute Gasteiger partial charge is 0.338 e. The Morgan fingerprint density at radius 1 is 1.09 bits per heavy atom. The van der Waals surface area contributed by atoms with Crippen molar-refractivity contribution in [3.8, 4) is 0 Å². The van der Waals surface area contributed by atoms with Crippen molar-refractivity contribution in [1.29, 1.82) is 0 Å². The van der Waals surface area contributed by atoms with Crippen LogP contribution in [-0.4, -0.2) is 28.9 Å². The lowest BCUT2D eigenvalue weighted by atomic mass is 9.94. The average Bonchev–Trinajstić information content (AvgIpc) is 2.82. The molecule has 22 heavy (non-hydrogen) atoms. The van der Waals surface area contributed by atoms with Crippen LogP contribution in [0.5, 0.6) is 0 Å². The molecule has 1 aliphatic rings. The molecule has 1 fully saturated rings. The number of carbonyl (C=O) groups excluding carboxylic acids is 1. The lowest BCUT2D eigenvalue weighted by Crippen LogP contribution is -2.34. The van der Waals surface area contributed by atoms with Gasteiger partial charge in [-0.2, -0.15) is 0 Å². The third-order valence-corrected chi connectivity index (χ3v) is 4.48. The highest BCUT2D eigenvalue weighted by Gasteiger charge is 2.23. The number of pyridine rings is 1. The highest BCUT2D eigenvalue weighted by atomic mass is 35.5. The van der Waals surface area contributed by atoms with Gasteiger partial charge in [-0.15, -0.1) is 0 Å². The monoisotopic (exact) mass is 314 g/mol. The first-order chi connectivity index (χ1) is 10.7. The summed E-state index contributed by atoms with van der Waals surface area (Å²) in [6.45, 7) is 1.59. The van der Waals surface area contributed by atoms with Gasteiger partial charge in [-0.1, -0.05) is 30.2 Å². The maximum atomic E-state index is 12.7. The number of carbonyl (C=O) groups is 1. The number of likely N-dealkylation sites (tertiary alicyclic amines) is 1. The van der Waals surface area contributed by atoms with Crippen LogP contribution in [0.2, 0.25) is 5.02 Å². The van der Waals surface area contributed by atoms with E-state index in [4.69, 9.17) is 11.6 Å². The third kappa shape index (κ3) is 3.47. The minimum Gasteiger partial charge on any atom is -0.338 e. The van der Waals surface area contributed by atoms with Gasteiger partial charge in [0, 0.05) is 42.0 Å². The zero-order valence-corrected chi connectivity index (χ0v) is 13.2. The summed E-state index contributed by atoms with van der Waals surface area (Å²) in [4.78, 5) is 18.6. The molecule has 0 bridgehead atoms. The Morgan fingerprint density at radius 3 is 2.55 bits per heavy atom. The second-order valence-corrected chi connectivity index (χ2v) is 6.17. The van der Waals surface area contributed by atoms with Crippen LogP contribution in [0.15, 0.2) is 48.8 Å². The second kappa shape index (κ2) is 6.93. The quantitative estimate of drug-likeness (QED) is 0.834. The minimum absolute atomic E-state index is 0.100. The molecule has 1 atom stereocenters. The third-order valence-electron chi connectivity index (χ3n) is 4.23. The van der Waals surface area contributed by atoms with Gasteiger partial charge >= 0.3 is 0 Å². The lowest BCUT2D eigenvalue weighted by Gasteiger charge is -2.25. The number of hydrogen-bond acceptors (Lipinski definition) is 2. The first-order valence-electron chi connectivity index (χ1n) is 7.69. The molecule has 0 saturated carbocycles. The van der Waals surface area contributed by atoms with Crippen molar-refractivity contribution in [3.63, 3.8) is 0 Å². The summed E-state index contributed by atoms with van der Waals surface area (Å²) in [6.07, 6.45) is 6.65. The highest BCUT2D eigenvalue weighted by molar-refractivity contribution is 6.30. The SMILES string of the molecule is O=C(c1ccncc1)N1CCCC[C@H](c2ccc(Cl)cc2)C1. The predicted octanol–water partition coefficient (Wildman–Crippen LogP) is 4.14. The smallest absolute Gasteiger partial charge is 0.253 e. The lowest BCUT2D eigenvalue weighted by molar-refractivity contribution is 0.0754. The van der Waals surface area contributed by atoms with Crippen LogP contribution < -0.4 is 0 Å². The second-order valence-electron chi connectivity index (χ2n) is 5.73. The van der Waals surface area contributed by atoms with Crippen LogP contribution in [0.4, 0.5) is 0 Å². The summed E-state index contributed by atoms with van der Waals surface area (Å²) in [5.74, 6) is 0.480. The molecule has 3 rings (SSSR count). The van der Waals surface area contributed by atoms with E-state index in [1.807, 2.05) is 17.0 Å². The van der Waals surface area contributed by atoms with Crippen LogP contribution in [-0.2, 0) is 0 Å². The molecule has 2 aromatic rings. The highest BCUT2D eigenvalue weighted by Crippen LogP contribution is 2.28. The number of nitrogens with zero attached hydrogens (tertiary/aromatic N) is 2. The van der Waals surface area contributed by atoms with E-state index in [0.29, 0.717) is 11.5 Å². The van der Waals surface area contributed by atoms with Crippen molar-refractivity contribution < 1.29 is 4.79 Å². The van der Waals surface area contributed by atoms with Crippen LogP contribution in [0.25, 0.3) is 0 Å². The van der Waals surface area contributed by atoms with Crippen molar-refractivity contribution in [2.45, 2.75) is 25.2 Å². The minimum atomic E-state index is 0.100. The van der Waals surface area contributed by atoms with Gasteiger partial charge in [-0.05, 0) is 42.7 Å². The van der Waals surface area contributed by atoms with Crippen molar-refractivity contribution in [3.05, 3.63) is 64.9 Å². The van der Waals surface area contributed by atoms with E-state index in [9.17, 15) is 4.79 Å². The van der Waals surface area contributed by atoms with E-state index in [0.717, 1.165) is 37.4 Å². The summed E-state index contributed by atoms with van der Waals surface area (Å²) in [5.41, 5.74) is 1.98. The van der Waals surface area contributed by atoms with Crippen molar-refractivity contribution >= 4 is 17.5 Å². The normalized spacial score (nSPS) is 18.8. The fourth-order valence-corrected chi connectivity index (χ4v) is 3.14. The summed E-state index contributed by atoms with van der Waals surface area (Å²) >= 11 is 5.97. The zero-order valence-electron chi connectivity index (χ0n) is 12.4. The fraction of sp³-hybridized carbons (Fsp3) is 0.333. The molecule has 0 N–H and O–H groups in total. The summed E-state index contributed by atoms with van der Waals surface area (Å²) < 4.78 is 0. The number of halogens is 1. The number of rotatable bonds is 2. The predicted molar refractivity (Wildman–Crippen MR) is 88.2 cm³/mol. The standard InChI is InChI=1S/C18H19ClN2O/c19-17-6-4-14(5-7-17)16-3-1-2-12-21(13-16)18(22)15-8-10-20-11-9-15/h4-11,16H,1-3,12-13H2/t16-/m0/s1. The van der Waals surface area contributed by atoms with Gasteiger partial charge < -0.3 is 4.90 Å². The first-order valence-corrected chi connectivity index (χ1v) is 8.06. The van der Waals surface area contributed by atoms with Crippen LogP contribution in [0.1, 0.15) is 41.1 Å². The number of aromatic nitrogens is 1. The molecule has 0 unspecified atom stereocenters. The number of benzene rings is 1. The molecule has 1 aliphatic heterocycles. The summed E-state index contributed by atoms with van der Waals surface area (Å²) in [5, 5.41) is 0.752. The number of amides is 1. The Balaban J connectivity index is 1.78. The Bertz CT molecular complexity index is 627. The molecule has 0 aliphatic carbocycles.